The Hall–Kier alpha value is -1.57. The summed E-state index contributed by atoms with van der Waals surface area (Å²) in [5.74, 6) is 0. The standard InChI is InChI=1S/C14H16N2/c1-10-8-14(16(2)15-10)13-7-6-11-4-3-5-12(11)9-13/h6-9H,3-5H2,1-2H3. The second kappa shape index (κ2) is 3.48. The van der Waals surface area contributed by atoms with Crippen LogP contribution in [0, 0.1) is 6.92 Å². The van der Waals surface area contributed by atoms with Crippen LogP contribution in [0.1, 0.15) is 23.2 Å². The zero-order chi connectivity index (χ0) is 11.1. The SMILES string of the molecule is Cc1cc(-c2ccc3c(c2)CCC3)n(C)n1. The highest BCUT2D eigenvalue weighted by molar-refractivity contribution is 5.62. The van der Waals surface area contributed by atoms with Crippen molar-refractivity contribution in [1.29, 1.82) is 0 Å². The third-order valence-electron chi connectivity index (χ3n) is 3.40. The fraction of sp³-hybridized carbons (Fsp3) is 0.357. The summed E-state index contributed by atoms with van der Waals surface area (Å²) in [5, 5.41) is 4.40. The summed E-state index contributed by atoms with van der Waals surface area (Å²) in [5.41, 5.74) is 6.65. The summed E-state index contributed by atoms with van der Waals surface area (Å²) in [6, 6.07) is 8.98. The molecule has 0 N–H and O–H groups in total. The Morgan fingerprint density at radius 1 is 1.12 bits per heavy atom. The first-order chi connectivity index (χ1) is 7.74. The van der Waals surface area contributed by atoms with Gasteiger partial charge in [0.2, 0.25) is 0 Å². The third kappa shape index (κ3) is 1.45. The zero-order valence-electron chi connectivity index (χ0n) is 9.83. The first-order valence-electron chi connectivity index (χ1n) is 5.87. The van der Waals surface area contributed by atoms with Crippen molar-refractivity contribution in [2.45, 2.75) is 26.2 Å². The van der Waals surface area contributed by atoms with E-state index in [1.807, 2.05) is 18.7 Å². The molecule has 2 nitrogen and oxygen atoms in total. The van der Waals surface area contributed by atoms with Crippen molar-refractivity contribution in [3.63, 3.8) is 0 Å². The average molecular weight is 212 g/mol. The molecule has 0 saturated heterocycles. The quantitative estimate of drug-likeness (QED) is 0.710. The number of aromatic nitrogens is 2. The highest BCUT2D eigenvalue weighted by Crippen LogP contribution is 2.28. The molecular weight excluding hydrogens is 196 g/mol. The zero-order valence-corrected chi connectivity index (χ0v) is 9.83. The van der Waals surface area contributed by atoms with Crippen molar-refractivity contribution < 1.29 is 0 Å². The highest BCUT2D eigenvalue weighted by Gasteiger charge is 2.12. The lowest BCUT2D eigenvalue weighted by Gasteiger charge is -2.05. The summed E-state index contributed by atoms with van der Waals surface area (Å²) in [6.45, 7) is 2.04. The molecule has 0 aliphatic heterocycles. The monoisotopic (exact) mass is 212 g/mol. The summed E-state index contributed by atoms with van der Waals surface area (Å²) in [6.07, 6.45) is 3.79. The number of benzene rings is 1. The number of hydrogen-bond donors (Lipinski definition) is 0. The lowest BCUT2D eigenvalue weighted by molar-refractivity contribution is 0.764. The van der Waals surface area contributed by atoms with Crippen molar-refractivity contribution >= 4 is 0 Å². The van der Waals surface area contributed by atoms with Crippen LogP contribution >= 0.6 is 0 Å². The Labute approximate surface area is 95.9 Å². The number of nitrogens with zero attached hydrogens (tertiary/aromatic N) is 2. The van der Waals surface area contributed by atoms with Gasteiger partial charge in [0.25, 0.3) is 0 Å². The minimum Gasteiger partial charge on any atom is -0.268 e. The van der Waals surface area contributed by atoms with Gasteiger partial charge in [0, 0.05) is 12.6 Å². The Morgan fingerprint density at radius 2 is 1.94 bits per heavy atom. The molecule has 2 heteroatoms. The van der Waals surface area contributed by atoms with Gasteiger partial charge in [-0.1, -0.05) is 12.1 Å². The van der Waals surface area contributed by atoms with E-state index in [2.05, 4.69) is 29.4 Å². The van der Waals surface area contributed by atoms with E-state index in [-0.39, 0.29) is 0 Å². The molecule has 0 spiro atoms. The molecule has 16 heavy (non-hydrogen) atoms. The van der Waals surface area contributed by atoms with Crippen LogP contribution in [0.2, 0.25) is 0 Å². The molecule has 0 saturated carbocycles. The van der Waals surface area contributed by atoms with Crippen molar-refractivity contribution in [2.24, 2.45) is 7.05 Å². The van der Waals surface area contributed by atoms with Gasteiger partial charge < -0.3 is 0 Å². The van der Waals surface area contributed by atoms with Crippen LogP contribution < -0.4 is 0 Å². The predicted octanol–water partition coefficient (Wildman–Crippen LogP) is 2.88. The van der Waals surface area contributed by atoms with E-state index in [0.717, 1.165) is 5.69 Å². The van der Waals surface area contributed by atoms with Gasteiger partial charge in [0.1, 0.15) is 0 Å². The third-order valence-corrected chi connectivity index (χ3v) is 3.40. The van der Waals surface area contributed by atoms with Gasteiger partial charge >= 0.3 is 0 Å². The molecule has 1 aliphatic rings. The summed E-state index contributed by atoms with van der Waals surface area (Å²) in [7, 11) is 2.01. The van der Waals surface area contributed by atoms with Gasteiger partial charge in [-0.3, -0.25) is 4.68 Å². The first-order valence-corrected chi connectivity index (χ1v) is 5.87. The lowest BCUT2D eigenvalue weighted by atomic mass is 10.0. The normalized spacial score (nSPS) is 14.1. The van der Waals surface area contributed by atoms with E-state index in [0.29, 0.717) is 0 Å². The second-order valence-corrected chi connectivity index (χ2v) is 4.63. The van der Waals surface area contributed by atoms with Gasteiger partial charge in [-0.2, -0.15) is 5.10 Å². The van der Waals surface area contributed by atoms with Crippen LogP contribution in [0.5, 0.6) is 0 Å². The predicted molar refractivity (Wildman–Crippen MR) is 65.4 cm³/mol. The van der Waals surface area contributed by atoms with Crippen LogP contribution in [0.15, 0.2) is 24.3 Å². The first kappa shape index (κ1) is 9.64. The average Bonchev–Trinajstić information content (AvgIpc) is 2.83. The molecule has 1 heterocycles. The Kier molecular flexibility index (Phi) is 2.10. The Balaban J connectivity index is 2.10. The van der Waals surface area contributed by atoms with E-state index in [4.69, 9.17) is 0 Å². The lowest BCUT2D eigenvalue weighted by Crippen LogP contribution is -1.94. The van der Waals surface area contributed by atoms with E-state index in [9.17, 15) is 0 Å². The summed E-state index contributed by atoms with van der Waals surface area (Å²) < 4.78 is 1.96. The molecule has 0 bridgehead atoms. The molecule has 0 unspecified atom stereocenters. The molecule has 0 radical (unpaired) electrons. The van der Waals surface area contributed by atoms with Crippen LogP contribution in [0.4, 0.5) is 0 Å². The van der Waals surface area contributed by atoms with E-state index >= 15 is 0 Å². The van der Waals surface area contributed by atoms with Gasteiger partial charge in [0.05, 0.1) is 11.4 Å². The molecule has 0 atom stereocenters. The van der Waals surface area contributed by atoms with E-state index in [1.165, 1.54) is 41.6 Å². The molecule has 82 valence electrons. The van der Waals surface area contributed by atoms with Crippen molar-refractivity contribution in [3.8, 4) is 11.3 Å². The molecule has 1 aromatic carbocycles. The van der Waals surface area contributed by atoms with Crippen LogP contribution in [-0.2, 0) is 19.9 Å². The number of aryl methyl sites for hydroxylation is 4. The van der Waals surface area contributed by atoms with Gasteiger partial charge in [-0.25, -0.2) is 0 Å². The van der Waals surface area contributed by atoms with Crippen molar-refractivity contribution in [1.82, 2.24) is 9.78 Å². The summed E-state index contributed by atoms with van der Waals surface area (Å²) >= 11 is 0. The van der Waals surface area contributed by atoms with Crippen molar-refractivity contribution in [3.05, 3.63) is 41.1 Å². The molecule has 1 aliphatic carbocycles. The maximum absolute atomic E-state index is 4.40. The minimum absolute atomic E-state index is 1.08. The highest BCUT2D eigenvalue weighted by atomic mass is 15.3. The molecular formula is C14H16N2. The van der Waals surface area contributed by atoms with Crippen molar-refractivity contribution in [2.75, 3.05) is 0 Å². The number of fused-ring (bicyclic) bond motifs is 1. The van der Waals surface area contributed by atoms with Crippen LogP contribution in [0.3, 0.4) is 0 Å². The maximum Gasteiger partial charge on any atom is 0.0681 e. The van der Waals surface area contributed by atoms with Gasteiger partial charge in [0.15, 0.2) is 0 Å². The van der Waals surface area contributed by atoms with E-state index < -0.39 is 0 Å². The summed E-state index contributed by atoms with van der Waals surface area (Å²) in [4.78, 5) is 0. The fourth-order valence-electron chi connectivity index (χ4n) is 2.61. The molecule has 0 amide bonds. The second-order valence-electron chi connectivity index (χ2n) is 4.63. The van der Waals surface area contributed by atoms with Gasteiger partial charge in [-0.15, -0.1) is 0 Å². The largest absolute Gasteiger partial charge is 0.268 e. The smallest absolute Gasteiger partial charge is 0.0681 e. The molecule has 2 aromatic rings. The van der Waals surface area contributed by atoms with Gasteiger partial charge in [-0.05, 0) is 49.4 Å². The Morgan fingerprint density at radius 3 is 2.69 bits per heavy atom. The molecule has 3 rings (SSSR count). The molecule has 1 aromatic heterocycles. The molecule has 0 fully saturated rings. The van der Waals surface area contributed by atoms with Crippen LogP contribution in [-0.4, -0.2) is 9.78 Å². The Bertz CT molecular complexity index is 538. The van der Waals surface area contributed by atoms with E-state index in [1.54, 1.807) is 0 Å². The number of hydrogen-bond acceptors (Lipinski definition) is 1. The minimum atomic E-state index is 1.08. The number of rotatable bonds is 1. The van der Waals surface area contributed by atoms with Crippen LogP contribution in [0.25, 0.3) is 11.3 Å². The maximum atomic E-state index is 4.40. The fourth-order valence-corrected chi connectivity index (χ4v) is 2.61. The topological polar surface area (TPSA) is 17.8 Å².